The second-order valence-electron chi connectivity index (χ2n) is 2.72. The van der Waals surface area contributed by atoms with Crippen LogP contribution >= 0.6 is 11.8 Å². The highest BCUT2D eigenvalue weighted by Gasteiger charge is 2.33. The topological polar surface area (TPSA) is 21.3 Å². The van der Waals surface area contributed by atoms with Gasteiger partial charge in [0.25, 0.3) is 5.92 Å². The van der Waals surface area contributed by atoms with Gasteiger partial charge in [0, 0.05) is 0 Å². The molecule has 5 heteroatoms. The van der Waals surface area contributed by atoms with E-state index in [1.807, 2.05) is 4.84 Å². The van der Waals surface area contributed by atoms with Crippen molar-refractivity contribution < 1.29 is 13.5 Å². The molecule has 78 valence electrons. The van der Waals surface area contributed by atoms with Crippen molar-refractivity contribution in [3.05, 3.63) is 29.8 Å². The van der Waals surface area contributed by atoms with Gasteiger partial charge in [0.2, 0.25) is 0 Å². The van der Waals surface area contributed by atoms with Crippen LogP contribution in [0.1, 0.15) is 5.56 Å². The molecule has 0 aromatic heterocycles. The fourth-order valence-corrected chi connectivity index (χ4v) is 1.29. The largest absolute Gasteiger partial charge is 0.496 e. The van der Waals surface area contributed by atoms with E-state index in [0.29, 0.717) is 0 Å². The molecule has 1 N–H and O–H groups in total. The Morgan fingerprint density at radius 1 is 1.43 bits per heavy atom. The summed E-state index contributed by atoms with van der Waals surface area (Å²) in [5, 5.41) is 0. The van der Waals surface area contributed by atoms with Crippen LogP contribution in [0.5, 0.6) is 5.75 Å². The zero-order chi connectivity index (χ0) is 10.6. The second kappa shape index (κ2) is 4.57. The summed E-state index contributed by atoms with van der Waals surface area (Å²) in [5.74, 6) is -2.88. The molecule has 0 saturated heterocycles. The first-order chi connectivity index (χ1) is 6.61. The Labute approximate surface area is 85.9 Å². The van der Waals surface area contributed by atoms with Gasteiger partial charge in [0.15, 0.2) is 0 Å². The van der Waals surface area contributed by atoms with Crippen molar-refractivity contribution in [2.24, 2.45) is 0 Å². The van der Waals surface area contributed by atoms with Crippen LogP contribution in [0.2, 0.25) is 0 Å². The average Bonchev–Trinajstić information content (AvgIpc) is 2.18. The SMILES string of the molecule is COc1ccccc1C(F)(F)CNCl. The maximum Gasteiger partial charge on any atom is 0.290 e. The zero-order valence-electron chi connectivity index (χ0n) is 7.56. The summed E-state index contributed by atoms with van der Waals surface area (Å²) in [4.78, 5) is 1.92. The molecule has 2 nitrogen and oxygen atoms in total. The average molecular weight is 222 g/mol. The smallest absolute Gasteiger partial charge is 0.290 e. The number of hydrogen-bond acceptors (Lipinski definition) is 2. The highest BCUT2D eigenvalue weighted by molar-refractivity contribution is 6.13. The molecule has 0 saturated carbocycles. The van der Waals surface area contributed by atoms with E-state index in [1.165, 1.54) is 25.3 Å². The van der Waals surface area contributed by atoms with Gasteiger partial charge in [-0.3, -0.25) is 0 Å². The van der Waals surface area contributed by atoms with Gasteiger partial charge in [-0.2, -0.15) is 8.78 Å². The molecular formula is C9H10ClF2NO. The number of hydrogen-bond donors (Lipinski definition) is 1. The van der Waals surface area contributed by atoms with E-state index in [4.69, 9.17) is 16.5 Å². The Kier molecular flexibility index (Phi) is 3.66. The fourth-order valence-electron chi connectivity index (χ4n) is 1.13. The van der Waals surface area contributed by atoms with Crippen molar-refractivity contribution >= 4 is 11.8 Å². The minimum atomic E-state index is -3.03. The number of ether oxygens (including phenoxy) is 1. The molecule has 0 bridgehead atoms. The molecule has 0 aliphatic rings. The van der Waals surface area contributed by atoms with Crippen molar-refractivity contribution in [1.29, 1.82) is 0 Å². The number of methoxy groups -OCH3 is 1. The summed E-state index contributed by atoms with van der Waals surface area (Å²) in [7, 11) is 1.35. The van der Waals surface area contributed by atoms with Gasteiger partial charge in [0.05, 0.1) is 19.2 Å². The molecule has 0 unspecified atom stereocenters. The summed E-state index contributed by atoms with van der Waals surface area (Å²) in [6.07, 6.45) is 0. The lowest BCUT2D eigenvalue weighted by atomic mass is 10.1. The lowest BCUT2D eigenvalue weighted by Gasteiger charge is -2.17. The standard InChI is InChI=1S/C9H10ClF2NO/c1-14-8-5-3-2-4-7(8)9(11,12)6-13-10/h2-5,13H,6H2,1H3. The third-order valence-electron chi connectivity index (χ3n) is 1.79. The summed E-state index contributed by atoms with van der Waals surface area (Å²) < 4.78 is 31.6. The first-order valence-electron chi connectivity index (χ1n) is 3.96. The molecule has 0 heterocycles. The van der Waals surface area contributed by atoms with Crippen LogP contribution in [0.3, 0.4) is 0 Å². The number of para-hydroxylation sites is 1. The maximum atomic E-state index is 13.4. The summed E-state index contributed by atoms with van der Waals surface area (Å²) in [5.41, 5.74) is -0.171. The predicted molar refractivity (Wildman–Crippen MR) is 50.7 cm³/mol. The van der Waals surface area contributed by atoms with Crippen molar-refractivity contribution in [2.45, 2.75) is 5.92 Å². The molecule has 1 aromatic rings. The Morgan fingerprint density at radius 2 is 2.07 bits per heavy atom. The molecule has 0 radical (unpaired) electrons. The van der Waals surface area contributed by atoms with Crippen molar-refractivity contribution in [1.82, 2.24) is 4.84 Å². The van der Waals surface area contributed by atoms with E-state index < -0.39 is 12.5 Å². The number of halogens is 3. The van der Waals surface area contributed by atoms with E-state index >= 15 is 0 Å². The number of rotatable bonds is 4. The van der Waals surface area contributed by atoms with Gasteiger partial charge < -0.3 is 4.74 Å². The highest BCUT2D eigenvalue weighted by atomic mass is 35.5. The van der Waals surface area contributed by atoms with E-state index in [0.717, 1.165) is 0 Å². The molecule has 14 heavy (non-hydrogen) atoms. The van der Waals surface area contributed by atoms with Gasteiger partial charge in [-0.1, -0.05) is 12.1 Å². The first kappa shape index (κ1) is 11.2. The van der Waals surface area contributed by atoms with Gasteiger partial charge in [-0.25, -0.2) is 4.84 Å². The highest BCUT2D eigenvalue weighted by Crippen LogP contribution is 2.34. The number of benzene rings is 1. The van der Waals surface area contributed by atoms with E-state index in [2.05, 4.69) is 0 Å². The normalized spacial score (nSPS) is 11.4. The quantitative estimate of drug-likeness (QED) is 0.789. The molecule has 0 atom stereocenters. The van der Waals surface area contributed by atoms with Crippen LogP contribution in [-0.4, -0.2) is 13.7 Å². The van der Waals surface area contributed by atoms with E-state index in [9.17, 15) is 8.78 Å². The Bertz CT molecular complexity index is 307. The van der Waals surface area contributed by atoms with Crippen LogP contribution < -0.4 is 9.57 Å². The fraction of sp³-hybridized carbons (Fsp3) is 0.333. The Balaban J connectivity index is 3.04. The summed E-state index contributed by atoms with van der Waals surface area (Å²) >= 11 is 5.06. The van der Waals surface area contributed by atoms with Crippen LogP contribution in [0.15, 0.2) is 24.3 Å². The van der Waals surface area contributed by atoms with Crippen LogP contribution in [0.4, 0.5) is 8.78 Å². The van der Waals surface area contributed by atoms with Crippen LogP contribution in [0, 0.1) is 0 Å². The zero-order valence-corrected chi connectivity index (χ0v) is 8.31. The lowest BCUT2D eigenvalue weighted by molar-refractivity contribution is 0.0000659. The van der Waals surface area contributed by atoms with Crippen molar-refractivity contribution in [3.8, 4) is 5.75 Å². The van der Waals surface area contributed by atoms with Crippen LogP contribution in [0.25, 0.3) is 0 Å². The van der Waals surface area contributed by atoms with Gasteiger partial charge in [0.1, 0.15) is 5.75 Å². The summed E-state index contributed by atoms with van der Waals surface area (Å²) in [6, 6.07) is 5.96. The molecule has 1 rings (SSSR count). The lowest BCUT2D eigenvalue weighted by Crippen LogP contribution is -2.26. The third kappa shape index (κ3) is 2.33. The third-order valence-corrected chi connectivity index (χ3v) is 1.92. The monoisotopic (exact) mass is 221 g/mol. The van der Waals surface area contributed by atoms with Gasteiger partial charge in [-0.15, -0.1) is 0 Å². The van der Waals surface area contributed by atoms with E-state index in [1.54, 1.807) is 6.07 Å². The molecule has 0 fully saturated rings. The summed E-state index contributed by atoms with van der Waals surface area (Å²) in [6.45, 7) is -0.630. The van der Waals surface area contributed by atoms with Gasteiger partial charge >= 0.3 is 0 Å². The molecule has 0 spiro atoms. The molecular weight excluding hydrogens is 212 g/mol. The van der Waals surface area contributed by atoms with Gasteiger partial charge in [-0.05, 0) is 23.9 Å². The first-order valence-corrected chi connectivity index (χ1v) is 4.34. The number of alkyl halides is 2. The minimum Gasteiger partial charge on any atom is -0.496 e. The Morgan fingerprint density at radius 3 is 2.64 bits per heavy atom. The van der Waals surface area contributed by atoms with E-state index in [-0.39, 0.29) is 11.3 Å². The maximum absolute atomic E-state index is 13.4. The molecule has 0 aliphatic carbocycles. The minimum absolute atomic E-state index is 0.157. The second-order valence-corrected chi connectivity index (χ2v) is 2.98. The Hall–Kier alpha value is -0.870. The molecule has 0 amide bonds. The molecule has 0 aliphatic heterocycles. The molecule has 1 aromatic carbocycles. The number of nitrogens with one attached hydrogen (secondary N) is 1. The van der Waals surface area contributed by atoms with Crippen molar-refractivity contribution in [2.75, 3.05) is 13.7 Å². The predicted octanol–water partition coefficient (Wildman–Crippen LogP) is 2.53. The van der Waals surface area contributed by atoms with Crippen molar-refractivity contribution in [3.63, 3.8) is 0 Å². The van der Waals surface area contributed by atoms with Crippen LogP contribution in [-0.2, 0) is 5.92 Å².